The number of allylic oxidation sites excluding steroid dienone is 1. The number of aromatic nitrogens is 1. The van der Waals surface area contributed by atoms with Crippen molar-refractivity contribution >= 4 is 82.6 Å². The molecule has 0 radical (unpaired) electrons. The van der Waals surface area contributed by atoms with Gasteiger partial charge in [0.05, 0.1) is 17.1 Å². The zero-order chi connectivity index (χ0) is 38.2. The predicted octanol–water partition coefficient (Wildman–Crippen LogP) is 11.0. The molecule has 8 bridgehead atoms. The Balaban J connectivity index is 1.19. The minimum Gasteiger partial charge on any atom is -0.324 e. The fraction of sp³-hybridized carbons (Fsp3) is 0.0577. The molecule has 2 aliphatic carbocycles. The third-order valence-corrected chi connectivity index (χ3v) is 12.5. The average molecular weight is 741 g/mol. The Kier molecular flexibility index (Phi) is 6.27. The molecule has 6 nitrogen and oxygen atoms in total. The number of hydrogen-bond acceptors (Lipinski definition) is 5. The maximum absolute atomic E-state index is 5.64. The number of nitrogens with zero attached hydrogens (tertiary/aromatic N) is 5. The van der Waals surface area contributed by atoms with Crippen LogP contribution in [0.3, 0.4) is 0 Å². The summed E-state index contributed by atoms with van der Waals surface area (Å²) in [6.45, 7) is 4.31. The van der Waals surface area contributed by atoms with E-state index >= 15 is 0 Å². The first-order valence-electron chi connectivity index (χ1n) is 19.8. The first kappa shape index (κ1) is 31.6. The molecule has 1 N–H and O–H groups in total. The topological polar surface area (TPSA) is 77.6 Å². The van der Waals surface area contributed by atoms with Crippen molar-refractivity contribution in [2.75, 3.05) is 0 Å². The molecule has 8 aromatic carbocycles. The summed E-state index contributed by atoms with van der Waals surface area (Å²) in [4.78, 5) is 31.3. The van der Waals surface area contributed by atoms with Gasteiger partial charge >= 0.3 is 0 Å². The Morgan fingerprint density at radius 3 is 1.47 bits per heavy atom. The highest BCUT2D eigenvalue weighted by Gasteiger charge is 2.33. The van der Waals surface area contributed by atoms with Gasteiger partial charge in [-0.2, -0.15) is 0 Å². The van der Waals surface area contributed by atoms with Crippen molar-refractivity contribution in [3.8, 4) is 0 Å². The third kappa shape index (κ3) is 4.45. The Bertz CT molecular complexity index is 3700. The zero-order valence-corrected chi connectivity index (χ0v) is 31.7. The molecule has 0 spiro atoms. The van der Waals surface area contributed by atoms with E-state index in [-0.39, 0.29) is 6.04 Å². The predicted molar refractivity (Wildman–Crippen MR) is 238 cm³/mol. The highest BCUT2D eigenvalue weighted by molar-refractivity contribution is 6.32. The average Bonchev–Trinajstić information content (AvgIpc) is 3.92. The minimum atomic E-state index is -0.280. The monoisotopic (exact) mass is 740 g/mol. The number of aliphatic imine (C=N–C) groups is 3. The van der Waals surface area contributed by atoms with E-state index in [1.165, 1.54) is 5.39 Å². The molecule has 13 rings (SSSR count). The summed E-state index contributed by atoms with van der Waals surface area (Å²) in [5.41, 5.74) is 12.5. The minimum absolute atomic E-state index is 0.280. The molecule has 0 fully saturated rings. The second-order valence-corrected chi connectivity index (χ2v) is 15.8. The van der Waals surface area contributed by atoms with Gasteiger partial charge in [0.1, 0.15) is 17.0 Å². The lowest BCUT2D eigenvalue weighted by molar-refractivity contribution is 0.825. The quantitative estimate of drug-likeness (QED) is 0.161. The van der Waals surface area contributed by atoms with Crippen LogP contribution in [0, 0.1) is 0 Å². The molecule has 0 amide bonds. The van der Waals surface area contributed by atoms with Crippen LogP contribution in [-0.2, 0) is 0 Å². The first-order valence-corrected chi connectivity index (χ1v) is 19.8. The molecule has 0 saturated heterocycles. The molecular formula is C52H32N6. The first-order chi connectivity index (χ1) is 28.5. The Labute approximate surface area is 332 Å². The van der Waals surface area contributed by atoms with Gasteiger partial charge < -0.3 is 4.98 Å². The van der Waals surface area contributed by atoms with E-state index in [2.05, 4.69) is 164 Å². The number of benzene rings is 8. The van der Waals surface area contributed by atoms with Crippen LogP contribution >= 0.6 is 0 Å². The van der Waals surface area contributed by atoms with Gasteiger partial charge in [0, 0.05) is 44.2 Å². The lowest BCUT2D eigenvalue weighted by Crippen LogP contribution is -2.13. The van der Waals surface area contributed by atoms with E-state index in [4.69, 9.17) is 25.0 Å². The number of hydrogen-bond donors (Lipinski definition) is 1. The molecule has 1 aromatic heterocycles. The van der Waals surface area contributed by atoms with Gasteiger partial charge in [-0.25, -0.2) is 20.0 Å². The SMILES string of the molecule is CC1=C2N=c3[nH]c(c4cc5ccccc5cc34)=NC3C(C)=C(N=C4N=C(N=C1c1cc5ccccc5cc12)c1cc2ccccc2cc14)c1cc2ccccc2cc13. The summed E-state index contributed by atoms with van der Waals surface area (Å²) >= 11 is 0. The van der Waals surface area contributed by atoms with Gasteiger partial charge in [-0.15, -0.1) is 0 Å². The molecule has 1 unspecified atom stereocenters. The van der Waals surface area contributed by atoms with Gasteiger partial charge in [0.2, 0.25) is 0 Å². The highest BCUT2D eigenvalue weighted by Crippen LogP contribution is 2.46. The second kappa shape index (κ2) is 11.5. The normalized spacial score (nSPS) is 16.7. The van der Waals surface area contributed by atoms with Crippen molar-refractivity contribution in [2.45, 2.75) is 19.9 Å². The maximum atomic E-state index is 5.64. The standard InChI is InChI=1S/C52H32N6/c1-27-45-37-19-29-11-3-4-12-30(29)20-38(37)46(27)54-50-42-24-34-16-8-10-18-36(34)26-44(42)52(58-50)56-48-28(2)47(39-21-31-13-5-6-14-32(31)22-40(39)48)55-51-43-25-35-17-9-7-15-33(35)23-41(43)49(53-45)57-51/h3-26,45H,1-2H3,(H,53,55,57). The maximum Gasteiger partial charge on any atom is 0.163 e. The molecule has 0 saturated carbocycles. The second-order valence-electron chi connectivity index (χ2n) is 15.8. The fourth-order valence-corrected chi connectivity index (χ4v) is 9.54. The van der Waals surface area contributed by atoms with Crippen LogP contribution in [0.4, 0.5) is 0 Å². The van der Waals surface area contributed by atoms with Crippen LogP contribution in [-0.4, -0.2) is 22.4 Å². The molecule has 6 heteroatoms. The third-order valence-electron chi connectivity index (χ3n) is 12.5. The number of fused-ring (bicyclic) bond motifs is 21. The molecule has 1 atom stereocenters. The largest absolute Gasteiger partial charge is 0.324 e. The van der Waals surface area contributed by atoms with Crippen molar-refractivity contribution < 1.29 is 0 Å². The Morgan fingerprint density at radius 2 is 0.879 bits per heavy atom. The highest BCUT2D eigenvalue weighted by atomic mass is 15.0. The molecular weight excluding hydrogens is 709 g/mol. The summed E-state index contributed by atoms with van der Waals surface area (Å²) < 4.78 is 0. The van der Waals surface area contributed by atoms with E-state index in [0.717, 1.165) is 121 Å². The van der Waals surface area contributed by atoms with Crippen molar-refractivity contribution in [1.29, 1.82) is 0 Å². The van der Waals surface area contributed by atoms with Crippen LogP contribution in [0.2, 0.25) is 0 Å². The summed E-state index contributed by atoms with van der Waals surface area (Å²) in [6.07, 6.45) is 0. The van der Waals surface area contributed by atoms with Crippen LogP contribution in [0.25, 0.3) is 65.3 Å². The molecule has 58 heavy (non-hydrogen) atoms. The number of rotatable bonds is 0. The van der Waals surface area contributed by atoms with E-state index in [1.54, 1.807) is 0 Å². The van der Waals surface area contributed by atoms with Gasteiger partial charge in [-0.1, -0.05) is 97.1 Å². The summed E-state index contributed by atoms with van der Waals surface area (Å²) in [7, 11) is 0. The smallest absolute Gasteiger partial charge is 0.163 e. The molecule has 2 aliphatic heterocycles. The van der Waals surface area contributed by atoms with Gasteiger partial charge in [-0.05, 0) is 117 Å². The van der Waals surface area contributed by atoms with Crippen LogP contribution in [0.15, 0.2) is 182 Å². The Morgan fingerprint density at radius 1 is 0.414 bits per heavy atom. The lowest BCUT2D eigenvalue weighted by Gasteiger charge is -2.10. The molecule has 4 aliphatic rings. The van der Waals surface area contributed by atoms with Gasteiger partial charge in [0.25, 0.3) is 0 Å². The van der Waals surface area contributed by atoms with E-state index in [1.807, 2.05) is 0 Å². The molecule has 270 valence electrons. The molecule has 9 aromatic rings. The Hall–Kier alpha value is -7.57. The lowest BCUT2D eigenvalue weighted by atomic mass is 9.99. The number of aromatic amines is 1. The van der Waals surface area contributed by atoms with Crippen molar-refractivity contribution in [3.05, 3.63) is 201 Å². The number of H-pyrrole nitrogens is 1. The van der Waals surface area contributed by atoms with E-state index < -0.39 is 0 Å². The van der Waals surface area contributed by atoms with E-state index in [9.17, 15) is 0 Å². The summed E-state index contributed by atoms with van der Waals surface area (Å²) in [5.74, 6) is 1.31. The van der Waals surface area contributed by atoms with Crippen LogP contribution in [0.1, 0.15) is 53.3 Å². The molecule has 3 heterocycles. The summed E-state index contributed by atoms with van der Waals surface area (Å²) in [5, 5.41) is 11.3. The van der Waals surface area contributed by atoms with Gasteiger partial charge in [-0.3, -0.25) is 4.99 Å². The zero-order valence-electron chi connectivity index (χ0n) is 31.7. The van der Waals surface area contributed by atoms with Gasteiger partial charge in [0.15, 0.2) is 11.7 Å². The van der Waals surface area contributed by atoms with Crippen LogP contribution in [0.5, 0.6) is 0 Å². The number of amidine groups is 2. The number of nitrogens with one attached hydrogen (secondary N) is 1. The van der Waals surface area contributed by atoms with Crippen molar-refractivity contribution in [3.63, 3.8) is 0 Å². The van der Waals surface area contributed by atoms with Crippen molar-refractivity contribution in [1.82, 2.24) is 4.98 Å². The van der Waals surface area contributed by atoms with E-state index in [0.29, 0.717) is 11.7 Å². The summed E-state index contributed by atoms with van der Waals surface area (Å²) in [6, 6.07) is 51.8. The fourth-order valence-electron chi connectivity index (χ4n) is 9.54. The van der Waals surface area contributed by atoms with Crippen molar-refractivity contribution in [2.24, 2.45) is 25.0 Å². The van der Waals surface area contributed by atoms with Crippen LogP contribution < -0.4 is 11.0 Å².